The Balaban J connectivity index is 0.000000162. The fourth-order valence-corrected chi connectivity index (χ4v) is 9.02. The van der Waals surface area contributed by atoms with Gasteiger partial charge in [-0.1, -0.05) is 89.5 Å². The van der Waals surface area contributed by atoms with E-state index in [1.165, 1.54) is 30.9 Å². The molecule has 3 heterocycles. The van der Waals surface area contributed by atoms with E-state index in [2.05, 4.69) is 99.7 Å². The summed E-state index contributed by atoms with van der Waals surface area (Å²) in [5, 5.41) is 12.0. The lowest BCUT2D eigenvalue weighted by atomic mass is 10.0. The maximum Gasteiger partial charge on any atom is 0.337 e. The maximum absolute atomic E-state index is 12.5. The van der Waals surface area contributed by atoms with Crippen LogP contribution < -0.4 is 15.1 Å². The summed E-state index contributed by atoms with van der Waals surface area (Å²) in [4.78, 5) is 82.0. The third kappa shape index (κ3) is 14.0. The van der Waals surface area contributed by atoms with Gasteiger partial charge in [0.25, 0.3) is 0 Å². The molecule has 15 nitrogen and oxygen atoms in total. The normalized spacial score (nSPS) is 14.8. The molecule has 0 spiro atoms. The van der Waals surface area contributed by atoms with Gasteiger partial charge in [0.1, 0.15) is 6.61 Å². The first-order valence-corrected chi connectivity index (χ1v) is 24.4. The molecule has 15 heteroatoms. The molecular formula is C59H64N6O9. The molecule has 0 unspecified atom stereocenters. The van der Waals surface area contributed by atoms with E-state index in [0.717, 1.165) is 50.4 Å². The van der Waals surface area contributed by atoms with Crippen LogP contribution in [0.5, 0.6) is 0 Å². The number of ketones is 1. The van der Waals surface area contributed by atoms with Crippen molar-refractivity contribution in [3.63, 3.8) is 0 Å². The molecule has 0 saturated heterocycles. The Morgan fingerprint density at radius 1 is 0.486 bits per heavy atom. The Labute approximate surface area is 432 Å². The largest absolute Gasteiger partial charge is 0.465 e. The van der Waals surface area contributed by atoms with E-state index in [1.54, 1.807) is 66.4 Å². The van der Waals surface area contributed by atoms with E-state index < -0.39 is 6.61 Å². The van der Waals surface area contributed by atoms with Crippen molar-refractivity contribution in [2.24, 2.45) is 0 Å². The first-order valence-electron chi connectivity index (χ1n) is 24.4. The number of carbonyl (C=O) groups excluding carboxylic acids is 6. The Bertz CT molecular complexity index is 2870. The van der Waals surface area contributed by atoms with Gasteiger partial charge < -0.3 is 29.7 Å². The molecule has 9 rings (SSSR count). The quantitative estimate of drug-likeness (QED) is 0.102. The van der Waals surface area contributed by atoms with Crippen molar-refractivity contribution in [2.75, 3.05) is 69.7 Å². The number of anilines is 3. The van der Waals surface area contributed by atoms with Gasteiger partial charge >= 0.3 is 11.9 Å². The second kappa shape index (κ2) is 24.7. The van der Waals surface area contributed by atoms with Crippen molar-refractivity contribution in [2.45, 2.75) is 60.0 Å². The molecule has 74 heavy (non-hydrogen) atoms. The molecule has 3 aliphatic rings. The number of esters is 2. The van der Waals surface area contributed by atoms with Gasteiger partial charge in [0.2, 0.25) is 17.7 Å². The zero-order valence-corrected chi connectivity index (χ0v) is 43.1. The van der Waals surface area contributed by atoms with Gasteiger partial charge in [-0.15, -0.1) is 0 Å². The van der Waals surface area contributed by atoms with Crippen molar-refractivity contribution in [1.82, 2.24) is 14.7 Å². The molecule has 0 aromatic heterocycles. The van der Waals surface area contributed by atoms with Gasteiger partial charge in [-0.25, -0.2) is 9.59 Å². The molecule has 384 valence electrons. The number of benzene rings is 6. The Morgan fingerprint density at radius 2 is 0.851 bits per heavy atom. The van der Waals surface area contributed by atoms with Crippen LogP contribution in [0.2, 0.25) is 0 Å². The number of Topliss-reactive ketones (excluding diaryl/α,β-unsaturated/α-hetero) is 1. The minimum Gasteiger partial charge on any atom is -0.465 e. The summed E-state index contributed by atoms with van der Waals surface area (Å²) in [5.41, 5.74) is 13.7. The number of nitrogens with one attached hydrogen (secondary N) is 1. The number of rotatable bonds is 10. The van der Waals surface area contributed by atoms with Crippen molar-refractivity contribution in [3.8, 4) is 0 Å². The number of amides is 3. The lowest BCUT2D eigenvalue weighted by molar-refractivity contribution is -0.120. The van der Waals surface area contributed by atoms with Gasteiger partial charge in [0, 0.05) is 76.0 Å². The number of likely N-dealkylation sites (N-methyl/N-ethyl adjacent to an activating group) is 2. The summed E-state index contributed by atoms with van der Waals surface area (Å²) in [6, 6.07) is 40.6. The third-order valence-electron chi connectivity index (χ3n) is 13.2. The molecule has 0 bridgehead atoms. The predicted molar refractivity (Wildman–Crippen MR) is 285 cm³/mol. The fourth-order valence-electron chi connectivity index (χ4n) is 9.02. The van der Waals surface area contributed by atoms with Crippen LogP contribution in [0.15, 0.2) is 127 Å². The average Bonchev–Trinajstić information content (AvgIpc) is 3.69. The highest BCUT2D eigenvalue weighted by molar-refractivity contribution is 6.00. The molecular weight excluding hydrogens is 937 g/mol. The molecule has 0 saturated carbocycles. The van der Waals surface area contributed by atoms with E-state index in [1.807, 2.05) is 26.0 Å². The fraction of sp³-hybridized carbons (Fsp3) is 0.288. The summed E-state index contributed by atoms with van der Waals surface area (Å²) in [6.45, 7) is 10.4. The van der Waals surface area contributed by atoms with E-state index in [9.17, 15) is 28.8 Å². The Morgan fingerprint density at radius 3 is 1.27 bits per heavy atom. The van der Waals surface area contributed by atoms with Crippen LogP contribution in [0, 0.1) is 20.8 Å². The van der Waals surface area contributed by atoms with Crippen molar-refractivity contribution in [3.05, 3.63) is 194 Å². The minimum atomic E-state index is -0.513. The number of hydrogen-bond donors (Lipinski definition) is 2. The number of aryl methyl sites for hydroxylation is 3. The lowest BCUT2D eigenvalue weighted by Gasteiger charge is -2.19. The van der Waals surface area contributed by atoms with Crippen molar-refractivity contribution < 1.29 is 43.3 Å². The summed E-state index contributed by atoms with van der Waals surface area (Å²) >= 11 is 0. The molecule has 0 atom stereocenters. The van der Waals surface area contributed by atoms with Gasteiger partial charge in [-0.05, 0) is 109 Å². The molecule has 2 N–H and O–H groups in total. The smallest absolute Gasteiger partial charge is 0.337 e. The molecule has 6 aromatic carbocycles. The lowest BCUT2D eigenvalue weighted by Crippen LogP contribution is -2.34. The zero-order valence-electron chi connectivity index (χ0n) is 43.1. The van der Waals surface area contributed by atoms with E-state index in [4.69, 9.17) is 14.6 Å². The summed E-state index contributed by atoms with van der Waals surface area (Å²) in [5.74, 6) is -1.05. The summed E-state index contributed by atoms with van der Waals surface area (Å²) in [6.07, 6.45) is 0. The molecule has 0 aliphatic carbocycles. The molecule has 0 radical (unpaired) electrons. The monoisotopic (exact) mass is 1000 g/mol. The number of fused-ring (bicyclic) bond motifs is 3. The van der Waals surface area contributed by atoms with E-state index >= 15 is 0 Å². The zero-order chi connectivity index (χ0) is 53.1. The van der Waals surface area contributed by atoms with Crippen LogP contribution >= 0.6 is 0 Å². The minimum absolute atomic E-state index is 0.0205. The highest BCUT2D eigenvalue weighted by Gasteiger charge is 2.27. The van der Waals surface area contributed by atoms with Crippen LogP contribution in [-0.2, 0) is 63.1 Å². The number of aliphatic hydroxyl groups is 1. The maximum atomic E-state index is 12.5. The highest BCUT2D eigenvalue weighted by atomic mass is 16.5. The highest BCUT2D eigenvalue weighted by Crippen LogP contribution is 2.29. The summed E-state index contributed by atoms with van der Waals surface area (Å²) < 4.78 is 9.58. The van der Waals surface area contributed by atoms with Crippen LogP contribution in [0.25, 0.3) is 0 Å². The number of methoxy groups -OCH3 is 2. The van der Waals surface area contributed by atoms with Gasteiger partial charge in [-0.2, -0.15) is 0 Å². The topological polar surface area (TPSA) is 169 Å². The number of carbonyl (C=O) groups is 6. The number of aliphatic hydroxyl groups excluding tert-OH is 1. The third-order valence-corrected chi connectivity index (χ3v) is 13.2. The number of hydrogen-bond acceptors (Lipinski definition) is 12. The van der Waals surface area contributed by atoms with Crippen LogP contribution in [0.3, 0.4) is 0 Å². The van der Waals surface area contributed by atoms with Crippen molar-refractivity contribution >= 4 is 52.5 Å². The molecule has 3 amide bonds. The summed E-state index contributed by atoms with van der Waals surface area (Å²) in [7, 11) is 6.26. The van der Waals surface area contributed by atoms with Gasteiger partial charge in [0.15, 0.2) is 5.78 Å². The Kier molecular flexibility index (Phi) is 18.0. The van der Waals surface area contributed by atoms with Gasteiger partial charge in [0.05, 0.1) is 45.0 Å². The first-order chi connectivity index (χ1) is 35.5. The number of nitrogens with zero attached hydrogens (tertiary/aromatic N) is 5. The van der Waals surface area contributed by atoms with Crippen LogP contribution in [-0.4, -0.2) is 110 Å². The second-order valence-electron chi connectivity index (χ2n) is 19.0. The Hall–Kier alpha value is -7.82. The van der Waals surface area contributed by atoms with Crippen molar-refractivity contribution in [1.29, 1.82) is 0 Å². The molecule has 3 aliphatic heterocycles. The van der Waals surface area contributed by atoms with Crippen LogP contribution in [0.1, 0.15) is 81.1 Å². The van der Waals surface area contributed by atoms with E-state index in [-0.39, 0.29) is 35.4 Å². The predicted octanol–water partition coefficient (Wildman–Crippen LogP) is 7.64. The molecule has 0 fully saturated rings. The van der Waals surface area contributed by atoms with Crippen LogP contribution in [0.4, 0.5) is 17.1 Å². The SMILES string of the molecule is COC(=O)c1ccc2c(c1)CN(Cc1ccc(C)cc1)CC(=O)N2.COC(=O)c1ccc2c(c1)CN(Cc1ccc(C)cc1)CC(=O)N2C.Cc1ccc(CN2CC(=O)N(C)c3ccc(C(=O)CO)cc3C2)cc1. The van der Waals surface area contributed by atoms with E-state index in [0.29, 0.717) is 75.6 Å². The first kappa shape index (κ1) is 54.0. The second-order valence-corrected chi connectivity index (χ2v) is 19.0. The standard InChI is InChI=1S/2C20H22N2O3.C19H20N2O3/c1-14-4-6-15(7-5-14)11-22-12-17-10-16(20(24)25-3)8-9-18(17)21(2)19(23)13-22;1-14-3-5-15(6-4-14)10-22-11-17-9-16(19(24)13-23)7-8-18(17)21(2)20(25)12-22;1-13-3-5-14(6-4-13)10-21-11-16-9-15(19(23)24-2)7-8-17(16)20-18(22)12-21/h4-10H,11-13H2,1-3H3;3-9,23H,10-13H2,1-2H3;3-9H,10-12H2,1-2H3,(H,20,22). The average molecular weight is 1000 g/mol. The molecule has 6 aromatic rings. The van der Waals surface area contributed by atoms with Gasteiger partial charge in [-0.3, -0.25) is 33.9 Å². The number of ether oxygens (including phenoxy) is 2.